The Balaban J connectivity index is 1.29. The molecule has 0 bridgehead atoms. The minimum Gasteiger partial charge on any atom is -0.325 e. The van der Waals surface area contributed by atoms with Crippen LogP contribution in [0.25, 0.3) is 22.0 Å². The zero-order valence-electron chi connectivity index (χ0n) is 22.1. The van der Waals surface area contributed by atoms with Gasteiger partial charge in [0, 0.05) is 36.3 Å². The van der Waals surface area contributed by atoms with E-state index in [1.54, 1.807) is 29.3 Å². The number of nitrogens with one attached hydrogen (secondary N) is 2. The Morgan fingerprint density at radius 1 is 1.18 bits per heavy atom. The van der Waals surface area contributed by atoms with Gasteiger partial charge >= 0.3 is 5.69 Å². The van der Waals surface area contributed by atoms with Crippen molar-refractivity contribution in [1.82, 2.24) is 29.6 Å². The number of H-pyrrole nitrogens is 1. The Kier molecular flexibility index (Phi) is 6.17. The molecule has 40 heavy (non-hydrogen) atoms. The standard InChI is InChI=1S/C28H26BrN7O4/c1-14-4-7-22(29)32-25(14)33-26(39)20-9-28(3)10-21(28)36(20)23(38)13-35-19-6-5-16(17-11-30-27(40)31-12-17)8-18(19)24(34-35)15(2)37/h4-8,11-12,20-21H,9-10,13H2,1-3H3,(H,30,31,40)(H,32,33,39)/t20-,21?,28-/m0/s1. The summed E-state index contributed by atoms with van der Waals surface area (Å²) in [5.74, 6) is -0.295. The highest BCUT2D eigenvalue weighted by atomic mass is 79.9. The summed E-state index contributed by atoms with van der Waals surface area (Å²) in [4.78, 5) is 63.4. The first-order valence-electron chi connectivity index (χ1n) is 12.9. The number of carbonyl (C=O) groups is 3. The number of aromatic amines is 1. The van der Waals surface area contributed by atoms with Crippen molar-refractivity contribution in [3.63, 3.8) is 0 Å². The monoisotopic (exact) mass is 603 g/mol. The molecule has 3 atom stereocenters. The van der Waals surface area contributed by atoms with E-state index in [2.05, 4.69) is 48.2 Å². The molecule has 1 saturated carbocycles. The maximum atomic E-state index is 13.8. The van der Waals surface area contributed by atoms with Gasteiger partial charge in [0.05, 0.1) is 5.52 Å². The van der Waals surface area contributed by atoms with Crippen LogP contribution in [0, 0.1) is 12.3 Å². The van der Waals surface area contributed by atoms with Crippen LogP contribution in [0.3, 0.4) is 0 Å². The quantitative estimate of drug-likeness (QED) is 0.254. The number of piperidine rings is 1. The van der Waals surface area contributed by atoms with Gasteiger partial charge in [-0.3, -0.25) is 19.1 Å². The van der Waals surface area contributed by atoms with Crippen molar-refractivity contribution < 1.29 is 14.4 Å². The number of pyridine rings is 1. The van der Waals surface area contributed by atoms with Gasteiger partial charge in [-0.2, -0.15) is 5.10 Å². The molecule has 0 spiro atoms. The van der Waals surface area contributed by atoms with Gasteiger partial charge in [0.1, 0.15) is 28.7 Å². The summed E-state index contributed by atoms with van der Waals surface area (Å²) in [7, 11) is 0. The van der Waals surface area contributed by atoms with Crippen LogP contribution >= 0.6 is 15.9 Å². The van der Waals surface area contributed by atoms with E-state index < -0.39 is 11.7 Å². The number of carbonyl (C=O) groups excluding carboxylic acids is 3. The van der Waals surface area contributed by atoms with Gasteiger partial charge in [0.15, 0.2) is 5.78 Å². The number of aryl methyl sites for hydroxylation is 1. The fraction of sp³-hybridized carbons (Fsp3) is 0.321. The van der Waals surface area contributed by atoms with Crippen LogP contribution in [0.4, 0.5) is 5.82 Å². The van der Waals surface area contributed by atoms with Crippen LogP contribution in [-0.2, 0) is 16.1 Å². The highest BCUT2D eigenvalue weighted by Crippen LogP contribution is 2.59. The first-order valence-corrected chi connectivity index (χ1v) is 13.7. The number of ketones is 1. The molecular formula is C28H26BrN7O4. The molecule has 11 nitrogen and oxygen atoms in total. The van der Waals surface area contributed by atoms with Crippen molar-refractivity contribution >= 4 is 50.2 Å². The van der Waals surface area contributed by atoms with Gasteiger partial charge in [0.2, 0.25) is 11.8 Å². The number of rotatable bonds is 6. The van der Waals surface area contributed by atoms with Crippen LogP contribution in [0.5, 0.6) is 0 Å². The number of fused-ring (bicyclic) bond motifs is 2. The first kappa shape index (κ1) is 26.1. The van der Waals surface area contributed by atoms with Crippen molar-refractivity contribution in [2.24, 2.45) is 5.41 Å². The Hall–Kier alpha value is -4.19. The van der Waals surface area contributed by atoms with E-state index in [9.17, 15) is 19.2 Å². The summed E-state index contributed by atoms with van der Waals surface area (Å²) in [6.45, 7) is 5.27. The minimum absolute atomic E-state index is 0.0271. The number of aromatic nitrogens is 5. The Morgan fingerprint density at radius 3 is 2.70 bits per heavy atom. The number of nitrogens with zero attached hydrogens (tertiary/aromatic N) is 5. The number of hydrogen-bond donors (Lipinski definition) is 2. The summed E-state index contributed by atoms with van der Waals surface area (Å²) in [5, 5.41) is 7.99. The van der Waals surface area contributed by atoms with Gasteiger partial charge in [0.25, 0.3) is 0 Å². The van der Waals surface area contributed by atoms with Crippen molar-refractivity contribution in [3.05, 3.63) is 69.1 Å². The van der Waals surface area contributed by atoms with E-state index in [1.807, 2.05) is 19.1 Å². The molecule has 1 aliphatic carbocycles. The lowest BCUT2D eigenvalue weighted by atomic mass is 10.0. The topological polar surface area (TPSA) is 143 Å². The van der Waals surface area contributed by atoms with Crippen molar-refractivity contribution in [3.8, 4) is 11.1 Å². The fourth-order valence-corrected chi connectivity index (χ4v) is 5.95. The second kappa shape index (κ2) is 9.47. The van der Waals surface area contributed by atoms with E-state index in [4.69, 9.17) is 0 Å². The largest absolute Gasteiger partial charge is 0.344 e. The number of amides is 2. The van der Waals surface area contributed by atoms with Crippen LogP contribution in [0.15, 0.2) is 52.1 Å². The van der Waals surface area contributed by atoms with E-state index in [1.165, 1.54) is 17.8 Å². The summed E-state index contributed by atoms with van der Waals surface area (Å²) in [5.41, 5.74) is 2.54. The second-order valence-corrected chi connectivity index (χ2v) is 11.6. The zero-order chi connectivity index (χ0) is 28.3. The number of likely N-dealkylation sites (tertiary alicyclic amines) is 1. The third-order valence-electron chi connectivity index (χ3n) is 7.90. The maximum Gasteiger partial charge on any atom is 0.344 e. The van der Waals surface area contributed by atoms with Crippen molar-refractivity contribution in [1.29, 1.82) is 0 Å². The molecule has 2 aliphatic rings. The summed E-state index contributed by atoms with van der Waals surface area (Å²) in [6, 6.07) is 8.41. The second-order valence-electron chi connectivity index (χ2n) is 10.8. The van der Waals surface area contributed by atoms with Gasteiger partial charge in [-0.1, -0.05) is 19.1 Å². The van der Waals surface area contributed by atoms with E-state index >= 15 is 0 Å². The zero-order valence-corrected chi connectivity index (χ0v) is 23.7. The predicted octanol–water partition coefficient (Wildman–Crippen LogP) is 3.47. The number of halogens is 1. The molecule has 1 aliphatic heterocycles. The lowest BCUT2D eigenvalue weighted by Gasteiger charge is -2.27. The van der Waals surface area contributed by atoms with Gasteiger partial charge in [-0.15, -0.1) is 0 Å². The molecule has 1 unspecified atom stereocenters. The number of Topliss-reactive ketones (excluding diaryl/α,β-unsaturated/α-hetero) is 1. The van der Waals surface area contributed by atoms with Crippen LogP contribution in [0.2, 0.25) is 0 Å². The molecule has 0 radical (unpaired) electrons. The Bertz CT molecular complexity index is 1760. The van der Waals surface area contributed by atoms with Crippen LogP contribution in [-0.4, -0.2) is 59.3 Å². The van der Waals surface area contributed by atoms with Crippen LogP contribution in [0.1, 0.15) is 42.7 Å². The molecule has 2 amide bonds. The van der Waals surface area contributed by atoms with Crippen LogP contribution < -0.4 is 11.0 Å². The average molecular weight is 604 g/mol. The molecule has 4 heterocycles. The molecule has 1 aromatic carbocycles. The predicted molar refractivity (Wildman–Crippen MR) is 151 cm³/mol. The maximum absolute atomic E-state index is 13.8. The first-order chi connectivity index (χ1) is 19.0. The number of benzene rings is 1. The third-order valence-corrected chi connectivity index (χ3v) is 8.35. The van der Waals surface area contributed by atoms with Crippen molar-refractivity contribution in [2.75, 3.05) is 5.32 Å². The highest BCUT2D eigenvalue weighted by molar-refractivity contribution is 9.10. The van der Waals surface area contributed by atoms with Crippen molar-refractivity contribution in [2.45, 2.75) is 52.2 Å². The lowest BCUT2D eigenvalue weighted by Crippen LogP contribution is -2.47. The average Bonchev–Trinajstić information content (AvgIpc) is 3.28. The normalized spacial score (nSPS) is 21.4. The molecule has 12 heteroatoms. The third kappa shape index (κ3) is 4.51. The number of anilines is 1. The number of hydrogen-bond acceptors (Lipinski definition) is 7. The molecule has 2 fully saturated rings. The molecule has 1 saturated heterocycles. The Morgan fingerprint density at radius 2 is 1.98 bits per heavy atom. The molecule has 4 aromatic rings. The summed E-state index contributed by atoms with van der Waals surface area (Å²) < 4.78 is 2.13. The van der Waals surface area contributed by atoms with Gasteiger partial charge in [-0.05, 0) is 70.4 Å². The molecule has 204 valence electrons. The molecule has 3 aromatic heterocycles. The van der Waals surface area contributed by atoms with Gasteiger partial charge in [-0.25, -0.2) is 14.8 Å². The smallest absolute Gasteiger partial charge is 0.325 e. The highest BCUT2D eigenvalue weighted by Gasteiger charge is 2.64. The fourth-order valence-electron chi connectivity index (χ4n) is 5.64. The summed E-state index contributed by atoms with van der Waals surface area (Å²) in [6.07, 6.45) is 4.41. The van der Waals surface area contributed by atoms with Gasteiger partial charge < -0.3 is 15.2 Å². The molecule has 2 N–H and O–H groups in total. The minimum atomic E-state index is -0.634. The molecule has 6 rings (SSSR count). The SMILES string of the molecule is CC(=O)c1nn(CC(=O)N2C3C[C@]3(C)C[C@H]2C(=O)Nc2nc(Br)ccc2C)c2ccc(-c3cnc(=O)[nH]c3)cc12. The summed E-state index contributed by atoms with van der Waals surface area (Å²) >= 11 is 3.34. The Labute approximate surface area is 237 Å². The molecular weight excluding hydrogens is 578 g/mol. The van der Waals surface area contributed by atoms with E-state index in [-0.39, 0.29) is 41.3 Å². The van der Waals surface area contributed by atoms with E-state index in [0.717, 1.165) is 17.5 Å². The van der Waals surface area contributed by atoms with E-state index in [0.29, 0.717) is 33.3 Å². The lowest BCUT2D eigenvalue weighted by molar-refractivity contribution is -0.138.